The number of halogens is 1. The fourth-order valence-corrected chi connectivity index (χ4v) is 2.51. The number of hydrogen-bond acceptors (Lipinski definition) is 3. The van der Waals surface area contributed by atoms with E-state index in [0.717, 1.165) is 12.8 Å². The van der Waals surface area contributed by atoms with Crippen LogP contribution in [0.5, 0.6) is 0 Å². The predicted octanol–water partition coefficient (Wildman–Crippen LogP) is 1.95. The Morgan fingerprint density at radius 2 is 1.87 bits per heavy atom. The zero-order valence-corrected chi connectivity index (χ0v) is 14.1. The molecule has 0 radical (unpaired) electrons. The Morgan fingerprint density at radius 3 is 2.39 bits per heavy atom. The molecule has 1 aliphatic heterocycles. The third-order valence-electron chi connectivity index (χ3n) is 4.90. The van der Waals surface area contributed by atoms with Gasteiger partial charge in [0.25, 0.3) is 0 Å². The second kappa shape index (κ2) is 5.60. The molecule has 0 bridgehead atoms. The molecule has 4 nitrogen and oxygen atoms in total. The van der Waals surface area contributed by atoms with E-state index in [1.54, 1.807) is 12.1 Å². The highest BCUT2D eigenvalue weighted by Gasteiger charge is 2.51. The van der Waals surface area contributed by atoms with E-state index in [-0.39, 0.29) is 18.4 Å². The summed E-state index contributed by atoms with van der Waals surface area (Å²) in [6.07, 6.45) is 2.11. The number of carbonyl (C=O) groups is 1. The standard InChI is InChI=1S/C17H23BFNO3/c1-16(2)17(3,4)23-18(22-16)12-6-5-11(14(19)10-12)9-15(21)20-13-7-8-13/h5-6,10,13H,7-9H2,1-4H3,(H,20,21). The van der Waals surface area contributed by atoms with E-state index >= 15 is 0 Å². The van der Waals surface area contributed by atoms with E-state index in [9.17, 15) is 9.18 Å². The second-order valence-corrected chi connectivity index (χ2v) is 7.46. The first-order valence-corrected chi connectivity index (χ1v) is 8.11. The van der Waals surface area contributed by atoms with E-state index in [4.69, 9.17) is 9.31 Å². The highest BCUT2D eigenvalue weighted by atomic mass is 19.1. The van der Waals surface area contributed by atoms with Crippen LogP contribution in [-0.4, -0.2) is 30.3 Å². The van der Waals surface area contributed by atoms with Crippen LogP contribution in [0.15, 0.2) is 18.2 Å². The molecule has 6 heteroatoms. The van der Waals surface area contributed by atoms with Gasteiger partial charge in [0.1, 0.15) is 5.82 Å². The molecule has 1 heterocycles. The first kappa shape index (κ1) is 16.5. The maximum Gasteiger partial charge on any atom is 0.494 e. The largest absolute Gasteiger partial charge is 0.494 e. The lowest BCUT2D eigenvalue weighted by Crippen LogP contribution is -2.41. The Morgan fingerprint density at radius 1 is 1.26 bits per heavy atom. The number of rotatable bonds is 4. The van der Waals surface area contributed by atoms with Gasteiger partial charge in [0.15, 0.2) is 0 Å². The van der Waals surface area contributed by atoms with Crippen molar-refractivity contribution in [3.63, 3.8) is 0 Å². The molecule has 0 spiro atoms. The smallest absolute Gasteiger partial charge is 0.399 e. The van der Waals surface area contributed by atoms with Gasteiger partial charge in [-0.05, 0) is 57.6 Å². The number of nitrogens with one attached hydrogen (secondary N) is 1. The minimum absolute atomic E-state index is 0.0615. The van der Waals surface area contributed by atoms with Gasteiger partial charge < -0.3 is 14.6 Å². The Balaban J connectivity index is 1.71. The first-order chi connectivity index (χ1) is 10.7. The normalized spacial score (nSPS) is 22.2. The van der Waals surface area contributed by atoms with Crippen LogP contribution >= 0.6 is 0 Å². The van der Waals surface area contributed by atoms with E-state index < -0.39 is 24.1 Å². The van der Waals surface area contributed by atoms with Crippen LogP contribution in [0.4, 0.5) is 4.39 Å². The topological polar surface area (TPSA) is 47.6 Å². The summed E-state index contributed by atoms with van der Waals surface area (Å²) in [7, 11) is -0.594. The Hall–Kier alpha value is -1.40. The summed E-state index contributed by atoms with van der Waals surface area (Å²) < 4.78 is 26.1. The molecular formula is C17H23BFNO3. The summed E-state index contributed by atoms with van der Waals surface area (Å²) in [5.41, 5.74) is 0.101. The molecule has 1 aliphatic carbocycles. The fourth-order valence-electron chi connectivity index (χ4n) is 2.51. The van der Waals surface area contributed by atoms with Crippen molar-refractivity contribution in [2.75, 3.05) is 0 Å². The van der Waals surface area contributed by atoms with Crippen molar-refractivity contribution in [1.29, 1.82) is 0 Å². The summed E-state index contributed by atoms with van der Waals surface area (Å²) in [6, 6.07) is 5.10. The quantitative estimate of drug-likeness (QED) is 0.863. The van der Waals surface area contributed by atoms with Crippen molar-refractivity contribution in [3.8, 4) is 0 Å². The Labute approximate surface area is 136 Å². The van der Waals surface area contributed by atoms with E-state index in [0.29, 0.717) is 11.0 Å². The highest BCUT2D eigenvalue weighted by Crippen LogP contribution is 2.36. The number of benzene rings is 1. The van der Waals surface area contributed by atoms with Crippen LogP contribution < -0.4 is 10.8 Å². The maximum absolute atomic E-state index is 14.3. The summed E-state index contributed by atoms with van der Waals surface area (Å²) in [5.74, 6) is -0.530. The van der Waals surface area contributed by atoms with Gasteiger partial charge in [-0.15, -0.1) is 0 Å². The molecule has 23 heavy (non-hydrogen) atoms. The molecule has 1 aromatic rings. The molecule has 1 saturated heterocycles. The summed E-state index contributed by atoms with van der Waals surface area (Å²) in [6.45, 7) is 7.83. The SMILES string of the molecule is CC1(C)OB(c2ccc(CC(=O)NC3CC3)c(F)c2)OC1(C)C. The van der Waals surface area contributed by atoms with Crippen molar-refractivity contribution in [3.05, 3.63) is 29.6 Å². The van der Waals surface area contributed by atoms with Crippen LogP contribution in [0.3, 0.4) is 0 Å². The highest BCUT2D eigenvalue weighted by molar-refractivity contribution is 6.62. The van der Waals surface area contributed by atoms with Crippen LogP contribution in [0.25, 0.3) is 0 Å². The Bertz CT molecular complexity index is 612. The van der Waals surface area contributed by atoms with Gasteiger partial charge >= 0.3 is 7.12 Å². The summed E-state index contributed by atoms with van der Waals surface area (Å²) >= 11 is 0. The fraction of sp³-hybridized carbons (Fsp3) is 0.588. The first-order valence-electron chi connectivity index (χ1n) is 8.11. The monoisotopic (exact) mass is 319 g/mol. The van der Waals surface area contributed by atoms with Crippen molar-refractivity contribution in [2.45, 2.75) is 64.2 Å². The number of hydrogen-bond donors (Lipinski definition) is 1. The molecule has 0 unspecified atom stereocenters. The molecular weight excluding hydrogens is 296 g/mol. The lowest BCUT2D eigenvalue weighted by Gasteiger charge is -2.32. The lowest BCUT2D eigenvalue weighted by molar-refractivity contribution is -0.120. The van der Waals surface area contributed by atoms with Crippen LogP contribution in [-0.2, 0) is 20.5 Å². The minimum Gasteiger partial charge on any atom is -0.399 e. The summed E-state index contributed by atoms with van der Waals surface area (Å²) in [5, 5.41) is 2.87. The number of amides is 1. The Kier molecular flexibility index (Phi) is 4.01. The average molecular weight is 319 g/mol. The zero-order chi connectivity index (χ0) is 16.8. The predicted molar refractivity (Wildman–Crippen MR) is 87.0 cm³/mol. The third kappa shape index (κ3) is 3.43. The van der Waals surface area contributed by atoms with Crippen molar-refractivity contribution in [1.82, 2.24) is 5.32 Å². The zero-order valence-electron chi connectivity index (χ0n) is 14.1. The molecule has 2 aliphatic rings. The minimum atomic E-state index is -0.594. The van der Waals surface area contributed by atoms with Gasteiger partial charge in [0.2, 0.25) is 5.91 Å². The van der Waals surface area contributed by atoms with E-state index in [1.807, 2.05) is 27.7 Å². The molecule has 3 rings (SSSR count). The van der Waals surface area contributed by atoms with E-state index in [2.05, 4.69) is 5.32 Å². The van der Waals surface area contributed by atoms with Crippen molar-refractivity contribution < 1.29 is 18.5 Å². The molecule has 0 aromatic heterocycles. The van der Waals surface area contributed by atoms with Gasteiger partial charge in [-0.3, -0.25) is 4.79 Å². The van der Waals surface area contributed by atoms with Gasteiger partial charge in [-0.2, -0.15) is 0 Å². The van der Waals surface area contributed by atoms with Crippen LogP contribution in [0.2, 0.25) is 0 Å². The summed E-state index contributed by atoms with van der Waals surface area (Å²) in [4.78, 5) is 11.8. The molecule has 1 aromatic carbocycles. The van der Waals surface area contributed by atoms with Gasteiger partial charge in [0.05, 0.1) is 17.6 Å². The van der Waals surface area contributed by atoms with Gasteiger partial charge in [0, 0.05) is 6.04 Å². The average Bonchev–Trinajstić information content (AvgIpc) is 3.19. The molecule has 1 saturated carbocycles. The van der Waals surface area contributed by atoms with Crippen LogP contribution in [0, 0.1) is 5.82 Å². The maximum atomic E-state index is 14.3. The lowest BCUT2D eigenvalue weighted by atomic mass is 9.78. The van der Waals surface area contributed by atoms with Gasteiger partial charge in [-0.25, -0.2) is 4.39 Å². The molecule has 2 fully saturated rings. The van der Waals surface area contributed by atoms with Gasteiger partial charge in [-0.1, -0.05) is 12.1 Å². The van der Waals surface area contributed by atoms with Crippen LogP contribution in [0.1, 0.15) is 46.1 Å². The second-order valence-electron chi connectivity index (χ2n) is 7.46. The molecule has 1 amide bonds. The molecule has 0 atom stereocenters. The third-order valence-corrected chi connectivity index (χ3v) is 4.90. The van der Waals surface area contributed by atoms with E-state index in [1.165, 1.54) is 6.07 Å². The number of carbonyl (C=O) groups excluding carboxylic acids is 1. The van der Waals surface area contributed by atoms with Crippen molar-refractivity contribution >= 4 is 18.5 Å². The molecule has 1 N–H and O–H groups in total. The molecule has 124 valence electrons. The van der Waals surface area contributed by atoms with Crippen molar-refractivity contribution in [2.24, 2.45) is 0 Å².